The molecule has 0 saturated heterocycles. The van der Waals surface area contributed by atoms with Crippen LogP contribution in [0.1, 0.15) is 68.4 Å². The molecular formula is C17H21N. The van der Waals surface area contributed by atoms with Gasteiger partial charge in [0.25, 0.3) is 0 Å². The van der Waals surface area contributed by atoms with E-state index in [2.05, 4.69) is 30.3 Å². The average molecular weight is 239 g/mol. The number of hydrogen-bond donors (Lipinski definition) is 0. The van der Waals surface area contributed by atoms with Gasteiger partial charge in [0.05, 0.1) is 11.5 Å². The van der Waals surface area contributed by atoms with Crippen molar-refractivity contribution < 1.29 is 0 Å². The summed E-state index contributed by atoms with van der Waals surface area (Å²) in [4.78, 5) is 0. The van der Waals surface area contributed by atoms with Crippen LogP contribution < -0.4 is 0 Å². The Hall–Kier alpha value is -1.29. The molecule has 1 heteroatoms. The lowest BCUT2D eigenvalue weighted by Crippen LogP contribution is -2.22. The minimum Gasteiger partial charge on any atom is -0.197 e. The molecular weight excluding hydrogens is 218 g/mol. The van der Waals surface area contributed by atoms with Crippen LogP contribution in [0.5, 0.6) is 0 Å². The third-order valence-electron chi connectivity index (χ3n) is 4.94. The van der Waals surface area contributed by atoms with Gasteiger partial charge in [0.2, 0.25) is 0 Å². The van der Waals surface area contributed by atoms with Crippen molar-refractivity contribution in [3.8, 4) is 6.07 Å². The summed E-state index contributed by atoms with van der Waals surface area (Å²) in [6.07, 6.45) is 9.91. The molecule has 0 bridgehead atoms. The molecule has 0 heterocycles. The SMILES string of the molecule is N#CC1(c2ccccc2C2CCCC2)CCCC1. The van der Waals surface area contributed by atoms with E-state index in [0.29, 0.717) is 5.92 Å². The number of nitrogens with zero attached hydrogens (tertiary/aromatic N) is 1. The maximum absolute atomic E-state index is 9.69. The van der Waals surface area contributed by atoms with Crippen molar-refractivity contribution in [2.75, 3.05) is 0 Å². The summed E-state index contributed by atoms with van der Waals surface area (Å²) < 4.78 is 0. The lowest BCUT2D eigenvalue weighted by atomic mass is 9.75. The van der Waals surface area contributed by atoms with Crippen LogP contribution >= 0.6 is 0 Å². The Bertz CT molecular complexity index is 457. The van der Waals surface area contributed by atoms with Crippen LogP contribution in [0.2, 0.25) is 0 Å². The van der Waals surface area contributed by atoms with Gasteiger partial charge in [-0.05, 0) is 42.7 Å². The zero-order valence-electron chi connectivity index (χ0n) is 11.0. The van der Waals surface area contributed by atoms with E-state index in [1.807, 2.05) is 0 Å². The smallest absolute Gasteiger partial charge is 0.0825 e. The topological polar surface area (TPSA) is 23.8 Å². The molecule has 1 aromatic rings. The summed E-state index contributed by atoms with van der Waals surface area (Å²) in [6, 6.07) is 11.4. The molecule has 0 amide bonds. The Labute approximate surface area is 110 Å². The summed E-state index contributed by atoms with van der Waals surface area (Å²) in [5, 5.41) is 9.69. The molecule has 2 aliphatic rings. The van der Waals surface area contributed by atoms with Crippen molar-refractivity contribution in [3.05, 3.63) is 35.4 Å². The van der Waals surface area contributed by atoms with Gasteiger partial charge in [0.1, 0.15) is 0 Å². The molecule has 0 unspecified atom stereocenters. The monoisotopic (exact) mass is 239 g/mol. The fraction of sp³-hybridized carbons (Fsp3) is 0.588. The first-order valence-corrected chi connectivity index (χ1v) is 7.36. The van der Waals surface area contributed by atoms with Gasteiger partial charge >= 0.3 is 0 Å². The summed E-state index contributed by atoms with van der Waals surface area (Å²) in [7, 11) is 0. The molecule has 1 aromatic carbocycles. The van der Waals surface area contributed by atoms with E-state index in [-0.39, 0.29) is 5.41 Å². The molecule has 2 saturated carbocycles. The highest BCUT2D eigenvalue weighted by Gasteiger charge is 2.38. The van der Waals surface area contributed by atoms with E-state index in [4.69, 9.17) is 0 Å². The van der Waals surface area contributed by atoms with Crippen LogP contribution in [0.4, 0.5) is 0 Å². The van der Waals surface area contributed by atoms with Crippen LogP contribution in [0.15, 0.2) is 24.3 Å². The van der Waals surface area contributed by atoms with Gasteiger partial charge in [-0.15, -0.1) is 0 Å². The Kier molecular flexibility index (Phi) is 3.12. The van der Waals surface area contributed by atoms with Gasteiger partial charge in [-0.2, -0.15) is 5.26 Å². The van der Waals surface area contributed by atoms with Crippen molar-refractivity contribution in [2.24, 2.45) is 0 Å². The lowest BCUT2D eigenvalue weighted by molar-refractivity contribution is 0.555. The zero-order chi connectivity index (χ0) is 12.4. The molecule has 2 aliphatic carbocycles. The molecule has 0 radical (unpaired) electrons. The first-order valence-electron chi connectivity index (χ1n) is 7.36. The second-order valence-electron chi connectivity index (χ2n) is 5.97. The fourth-order valence-electron chi connectivity index (χ4n) is 3.95. The third-order valence-corrected chi connectivity index (χ3v) is 4.94. The van der Waals surface area contributed by atoms with E-state index >= 15 is 0 Å². The van der Waals surface area contributed by atoms with E-state index in [9.17, 15) is 5.26 Å². The van der Waals surface area contributed by atoms with Gasteiger partial charge in [-0.1, -0.05) is 49.9 Å². The molecule has 2 fully saturated rings. The molecule has 0 spiro atoms. The molecule has 0 atom stereocenters. The third kappa shape index (κ3) is 1.85. The van der Waals surface area contributed by atoms with Gasteiger partial charge in [0.15, 0.2) is 0 Å². The maximum Gasteiger partial charge on any atom is 0.0825 e. The first-order chi connectivity index (χ1) is 8.86. The molecule has 1 nitrogen and oxygen atoms in total. The van der Waals surface area contributed by atoms with Crippen LogP contribution in [-0.4, -0.2) is 0 Å². The van der Waals surface area contributed by atoms with Crippen molar-refractivity contribution in [2.45, 2.75) is 62.7 Å². The summed E-state index contributed by atoms with van der Waals surface area (Å²) in [6.45, 7) is 0. The molecule has 0 aliphatic heterocycles. The highest BCUT2D eigenvalue weighted by molar-refractivity contribution is 5.42. The van der Waals surface area contributed by atoms with Crippen molar-refractivity contribution >= 4 is 0 Å². The van der Waals surface area contributed by atoms with E-state index < -0.39 is 0 Å². The number of rotatable bonds is 2. The standard InChI is InChI=1S/C17H21N/c18-13-17(11-5-6-12-17)16-10-4-3-9-15(16)14-7-1-2-8-14/h3-4,9-10,14H,1-2,5-8,11-12H2. The Morgan fingerprint density at radius 2 is 1.67 bits per heavy atom. The van der Waals surface area contributed by atoms with Crippen LogP contribution in [0, 0.1) is 11.3 Å². The lowest BCUT2D eigenvalue weighted by Gasteiger charge is -2.26. The van der Waals surface area contributed by atoms with Gasteiger partial charge in [0, 0.05) is 0 Å². The molecule has 18 heavy (non-hydrogen) atoms. The number of hydrogen-bond acceptors (Lipinski definition) is 1. The van der Waals surface area contributed by atoms with E-state index in [1.165, 1.54) is 49.7 Å². The Morgan fingerprint density at radius 3 is 2.33 bits per heavy atom. The molecule has 0 aromatic heterocycles. The second-order valence-corrected chi connectivity index (χ2v) is 5.97. The van der Waals surface area contributed by atoms with Gasteiger partial charge < -0.3 is 0 Å². The minimum absolute atomic E-state index is 0.167. The highest BCUT2D eigenvalue weighted by atomic mass is 14.4. The number of benzene rings is 1. The van der Waals surface area contributed by atoms with E-state index in [1.54, 1.807) is 0 Å². The maximum atomic E-state index is 9.69. The molecule has 94 valence electrons. The van der Waals surface area contributed by atoms with Crippen LogP contribution in [-0.2, 0) is 5.41 Å². The Balaban J connectivity index is 2.03. The zero-order valence-corrected chi connectivity index (χ0v) is 11.0. The largest absolute Gasteiger partial charge is 0.197 e. The molecule has 3 rings (SSSR count). The van der Waals surface area contributed by atoms with Crippen molar-refractivity contribution in [1.29, 1.82) is 5.26 Å². The second kappa shape index (κ2) is 4.76. The normalized spacial score (nSPS) is 23.1. The predicted octanol–water partition coefficient (Wildman–Crippen LogP) is 4.68. The minimum atomic E-state index is -0.167. The average Bonchev–Trinajstić information content (AvgIpc) is 3.11. The van der Waals surface area contributed by atoms with Gasteiger partial charge in [-0.25, -0.2) is 0 Å². The fourth-order valence-corrected chi connectivity index (χ4v) is 3.95. The quantitative estimate of drug-likeness (QED) is 0.735. The molecule has 0 N–H and O–H groups in total. The Morgan fingerprint density at radius 1 is 1.00 bits per heavy atom. The van der Waals surface area contributed by atoms with Crippen LogP contribution in [0.25, 0.3) is 0 Å². The van der Waals surface area contributed by atoms with Crippen LogP contribution in [0.3, 0.4) is 0 Å². The van der Waals surface area contributed by atoms with E-state index in [0.717, 1.165) is 12.8 Å². The van der Waals surface area contributed by atoms with Crippen molar-refractivity contribution in [3.63, 3.8) is 0 Å². The van der Waals surface area contributed by atoms with Crippen molar-refractivity contribution in [1.82, 2.24) is 0 Å². The summed E-state index contributed by atoms with van der Waals surface area (Å²) >= 11 is 0. The summed E-state index contributed by atoms with van der Waals surface area (Å²) in [5.74, 6) is 0.715. The first kappa shape index (κ1) is 11.8. The summed E-state index contributed by atoms with van der Waals surface area (Å²) in [5.41, 5.74) is 2.68. The predicted molar refractivity (Wildman–Crippen MR) is 73.4 cm³/mol. The highest BCUT2D eigenvalue weighted by Crippen LogP contribution is 2.46. The van der Waals surface area contributed by atoms with Gasteiger partial charge in [-0.3, -0.25) is 0 Å². The number of nitriles is 1.